The van der Waals surface area contributed by atoms with Crippen LogP contribution < -0.4 is 9.80 Å². The largest absolute Gasteiger partial charge is 0.310 e. The highest BCUT2D eigenvalue weighted by Crippen LogP contribution is 2.45. The summed E-state index contributed by atoms with van der Waals surface area (Å²) in [7, 11) is 0. The van der Waals surface area contributed by atoms with Gasteiger partial charge in [-0.15, -0.1) is 0 Å². The average Bonchev–Trinajstić information content (AvgIpc) is 3.34. The Kier molecular flexibility index (Phi) is 7.89. The third-order valence-corrected chi connectivity index (χ3v) is 10.8. The second-order valence-corrected chi connectivity index (χ2v) is 14.7. The van der Waals surface area contributed by atoms with Crippen LogP contribution in [-0.2, 0) is 12.8 Å². The van der Waals surface area contributed by atoms with Crippen LogP contribution in [0.3, 0.4) is 0 Å². The summed E-state index contributed by atoms with van der Waals surface area (Å²) in [6.07, 6.45) is 13.6. The first-order valence-corrected chi connectivity index (χ1v) is 18.4. The standard InChI is InChI=1S/C50H42N2/c1-35-47-33-43(51(39-14-7-4-8-15-39)40-16-9-5-10-17-40)25-27-45(47)46-28-26-44(34-48(46)49(35)38-24-22-36-21-23-37(36)32-38)52(41-18-11-6-12-19-41)42-20-13-30-50(2,3)31-29-42/h4-20,22,24-34H,21,23H2,1-3H3. The van der Waals surface area contributed by atoms with E-state index in [1.165, 1.54) is 55.8 Å². The van der Waals surface area contributed by atoms with E-state index in [0.717, 1.165) is 40.6 Å². The molecular weight excluding hydrogens is 629 g/mol. The number of hydrogen-bond acceptors (Lipinski definition) is 2. The Labute approximate surface area is 307 Å². The summed E-state index contributed by atoms with van der Waals surface area (Å²) >= 11 is 0. The average molecular weight is 671 g/mol. The van der Waals surface area contributed by atoms with Gasteiger partial charge in [0.1, 0.15) is 0 Å². The monoisotopic (exact) mass is 670 g/mol. The third kappa shape index (κ3) is 5.71. The van der Waals surface area contributed by atoms with Crippen LogP contribution in [0.5, 0.6) is 0 Å². The molecule has 52 heavy (non-hydrogen) atoms. The van der Waals surface area contributed by atoms with E-state index in [4.69, 9.17) is 0 Å². The molecule has 0 atom stereocenters. The number of hydrogen-bond donors (Lipinski definition) is 0. The topological polar surface area (TPSA) is 6.48 Å². The van der Waals surface area contributed by atoms with Crippen molar-refractivity contribution in [2.75, 3.05) is 9.80 Å². The zero-order valence-electron chi connectivity index (χ0n) is 30.1. The molecule has 2 heteroatoms. The van der Waals surface area contributed by atoms with Crippen LogP contribution in [0.4, 0.5) is 28.4 Å². The van der Waals surface area contributed by atoms with Gasteiger partial charge in [0.2, 0.25) is 0 Å². The van der Waals surface area contributed by atoms with Crippen molar-refractivity contribution in [3.8, 4) is 11.1 Å². The second kappa shape index (κ2) is 12.9. The predicted octanol–water partition coefficient (Wildman–Crippen LogP) is 13.7. The summed E-state index contributed by atoms with van der Waals surface area (Å²) in [4.78, 5) is 4.75. The van der Waals surface area contributed by atoms with Crippen molar-refractivity contribution in [1.82, 2.24) is 0 Å². The molecule has 0 saturated carbocycles. The van der Waals surface area contributed by atoms with E-state index < -0.39 is 0 Å². The van der Waals surface area contributed by atoms with E-state index in [9.17, 15) is 0 Å². The first kappa shape index (κ1) is 31.8. The molecular formula is C50H42N2. The predicted molar refractivity (Wildman–Crippen MR) is 222 cm³/mol. The highest BCUT2D eigenvalue weighted by atomic mass is 15.1. The summed E-state index contributed by atoms with van der Waals surface area (Å²) in [5.41, 5.74) is 13.7. The minimum Gasteiger partial charge on any atom is -0.310 e. The van der Waals surface area contributed by atoms with Gasteiger partial charge in [0.25, 0.3) is 0 Å². The maximum atomic E-state index is 2.45. The van der Waals surface area contributed by atoms with Gasteiger partial charge in [0.05, 0.1) is 0 Å². The maximum Gasteiger partial charge on any atom is 0.0468 e. The summed E-state index contributed by atoms with van der Waals surface area (Å²) in [6.45, 7) is 6.82. The van der Waals surface area contributed by atoms with Crippen LogP contribution in [0.1, 0.15) is 30.5 Å². The fraction of sp³-hybridized carbons (Fsp3) is 0.120. The number of aryl methyl sites for hydroxylation is 3. The Bertz CT molecular complexity index is 2500. The Hall–Kier alpha value is -6.12. The molecule has 2 aliphatic carbocycles. The number of fused-ring (bicyclic) bond motifs is 4. The Morgan fingerprint density at radius 1 is 0.481 bits per heavy atom. The van der Waals surface area contributed by atoms with E-state index in [1.54, 1.807) is 0 Å². The van der Waals surface area contributed by atoms with Crippen LogP contribution >= 0.6 is 0 Å². The molecule has 0 aliphatic heterocycles. The van der Waals surface area contributed by atoms with Crippen LogP contribution in [0.25, 0.3) is 32.7 Å². The first-order valence-electron chi connectivity index (χ1n) is 18.4. The molecule has 9 rings (SSSR count). The van der Waals surface area contributed by atoms with Crippen molar-refractivity contribution in [3.05, 3.63) is 198 Å². The van der Waals surface area contributed by atoms with Crippen molar-refractivity contribution in [2.24, 2.45) is 5.41 Å². The zero-order valence-corrected chi connectivity index (χ0v) is 30.1. The van der Waals surface area contributed by atoms with Gasteiger partial charge in [0.15, 0.2) is 0 Å². The Morgan fingerprint density at radius 2 is 1.04 bits per heavy atom. The molecule has 0 saturated heterocycles. The summed E-state index contributed by atoms with van der Waals surface area (Å²) in [5.74, 6) is 0. The van der Waals surface area contributed by atoms with Gasteiger partial charge in [-0.1, -0.05) is 117 Å². The normalized spacial score (nSPS) is 14.4. The lowest BCUT2D eigenvalue weighted by Gasteiger charge is -2.28. The molecule has 0 amide bonds. The lowest BCUT2D eigenvalue weighted by molar-refractivity contribution is 0.627. The molecule has 0 unspecified atom stereocenters. The van der Waals surface area contributed by atoms with Crippen LogP contribution in [-0.4, -0.2) is 0 Å². The minimum absolute atomic E-state index is 0.0164. The van der Waals surface area contributed by atoms with E-state index in [-0.39, 0.29) is 5.41 Å². The van der Waals surface area contributed by atoms with Gasteiger partial charge in [-0.3, -0.25) is 0 Å². The Morgan fingerprint density at radius 3 is 1.63 bits per heavy atom. The third-order valence-electron chi connectivity index (χ3n) is 10.8. The van der Waals surface area contributed by atoms with Gasteiger partial charge in [-0.25, -0.2) is 0 Å². The van der Waals surface area contributed by atoms with Crippen LogP contribution in [0, 0.1) is 12.3 Å². The molecule has 0 aromatic heterocycles. The maximum absolute atomic E-state index is 2.45. The summed E-state index contributed by atoms with van der Waals surface area (Å²) < 4.78 is 0. The number of benzene rings is 7. The molecule has 0 spiro atoms. The molecule has 2 nitrogen and oxygen atoms in total. The Balaban J connectivity index is 1.29. The van der Waals surface area contributed by atoms with Crippen LogP contribution in [0.2, 0.25) is 0 Å². The molecule has 0 N–H and O–H groups in total. The first-order chi connectivity index (χ1) is 25.4. The van der Waals surface area contributed by atoms with Crippen molar-refractivity contribution >= 4 is 50.0 Å². The van der Waals surface area contributed by atoms with Gasteiger partial charge >= 0.3 is 0 Å². The molecule has 7 aromatic rings. The lowest BCUT2D eigenvalue weighted by Crippen LogP contribution is -2.15. The summed E-state index contributed by atoms with van der Waals surface area (Å²) in [5, 5.41) is 5.07. The molecule has 0 radical (unpaired) electrons. The van der Waals surface area contributed by atoms with E-state index in [1.807, 2.05) is 0 Å². The smallest absolute Gasteiger partial charge is 0.0468 e. The highest BCUT2D eigenvalue weighted by Gasteiger charge is 2.22. The number of para-hydroxylation sites is 3. The molecule has 0 bridgehead atoms. The van der Waals surface area contributed by atoms with Gasteiger partial charge in [-0.05, 0) is 142 Å². The summed E-state index contributed by atoms with van der Waals surface area (Å²) in [6, 6.07) is 53.3. The van der Waals surface area contributed by atoms with E-state index in [2.05, 4.69) is 207 Å². The lowest BCUT2D eigenvalue weighted by atomic mass is 9.83. The van der Waals surface area contributed by atoms with Gasteiger partial charge in [-0.2, -0.15) is 0 Å². The van der Waals surface area contributed by atoms with E-state index >= 15 is 0 Å². The molecule has 2 aliphatic rings. The molecule has 0 heterocycles. The fourth-order valence-corrected chi connectivity index (χ4v) is 7.97. The van der Waals surface area contributed by atoms with E-state index in [0.29, 0.717) is 0 Å². The minimum atomic E-state index is -0.0164. The van der Waals surface area contributed by atoms with Crippen molar-refractivity contribution in [1.29, 1.82) is 0 Å². The SMILES string of the molecule is Cc1c(-c2ccc3c(c2)CC3)c2cc(N(C3=CC=CC(C)(C)C=C3)c3ccccc3)ccc2c2ccc(N(c3ccccc3)c3ccccc3)cc12. The van der Waals surface area contributed by atoms with Gasteiger partial charge < -0.3 is 9.80 Å². The second-order valence-electron chi connectivity index (χ2n) is 14.7. The number of nitrogens with zero attached hydrogens (tertiary/aromatic N) is 2. The molecule has 7 aromatic carbocycles. The molecule has 252 valence electrons. The van der Waals surface area contributed by atoms with Crippen molar-refractivity contribution < 1.29 is 0 Å². The fourth-order valence-electron chi connectivity index (χ4n) is 7.97. The number of rotatable bonds is 7. The van der Waals surface area contributed by atoms with Crippen molar-refractivity contribution in [2.45, 2.75) is 33.6 Å². The number of allylic oxidation sites excluding steroid dienone is 5. The van der Waals surface area contributed by atoms with Crippen molar-refractivity contribution in [3.63, 3.8) is 0 Å². The van der Waals surface area contributed by atoms with Crippen LogP contribution in [0.15, 0.2) is 182 Å². The molecule has 0 fully saturated rings. The zero-order chi connectivity index (χ0) is 35.2. The number of anilines is 5. The van der Waals surface area contributed by atoms with Gasteiger partial charge in [0, 0.05) is 39.5 Å². The quantitative estimate of drug-likeness (QED) is 0.156. The highest BCUT2D eigenvalue weighted by molar-refractivity contribution is 6.17.